The molecule has 0 aromatic heterocycles. The van der Waals surface area contributed by atoms with E-state index < -0.39 is 11.7 Å². The summed E-state index contributed by atoms with van der Waals surface area (Å²) < 4.78 is 16.1. The van der Waals surface area contributed by atoms with Crippen LogP contribution in [-0.4, -0.2) is 39.0 Å². The number of amides is 1. The number of carbonyl (C=O) groups is 1. The monoisotopic (exact) mass is 322 g/mol. The molecule has 6 nitrogen and oxygen atoms in total. The third-order valence-corrected chi connectivity index (χ3v) is 3.64. The molecule has 0 radical (unpaired) electrons. The average molecular weight is 322 g/mol. The molecule has 1 amide bonds. The van der Waals surface area contributed by atoms with Gasteiger partial charge >= 0.3 is 6.09 Å². The molecule has 1 heterocycles. The number of nitrogens with one attached hydrogen (secondary N) is 2. The SMILES string of the molecule is COc1cc2c(c(OC)c1)C(CNC(=O)OC(C)(C)C)NCC2. The summed E-state index contributed by atoms with van der Waals surface area (Å²) in [6, 6.07) is 3.87. The molecule has 0 bridgehead atoms. The minimum atomic E-state index is -0.507. The van der Waals surface area contributed by atoms with E-state index in [1.807, 2.05) is 32.9 Å². The highest BCUT2D eigenvalue weighted by atomic mass is 16.6. The minimum absolute atomic E-state index is 0.0212. The first-order chi connectivity index (χ1) is 10.8. The number of benzene rings is 1. The van der Waals surface area contributed by atoms with Gasteiger partial charge in [-0.15, -0.1) is 0 Å². The fourth-order valence-electron chi connectivity index (χ4n) is 2.70. The van der Waals surface area contributed by atoms with Crippen molar-refractivity contribution < 1.29 is 19.0 Å². The van der Waals surface area contributed by atoms with Gasteiger partial charge in [-0.3, -0.25) is 0 Å². The number of hydrogen-bond donors (Lipinski definition) is 2. The van der Waals surface area contributed by atoms with Crippen molar-refractivity contribution in [2.45, 2.75) is 38.8 Å². The highest BCUT2D eigenvalue weighted by Crippen LogP contribution is 2.35. The largest absolute Gasteiger partial charge is 0.497 e. The Bertz CT molecular complexity index is 549. The Balaban J connectivity index is 2.13. The Morgan fingerprint density at radius 2 is 2.04 bits per heavy atom. The molecule has 0 spiro atoms. The number of fused-ring (bicyclic) bond motifs is 1. The summed E-state index contributed by atoms with van der Waals surface area (Å²) >= 11 is 0. The first-order valence-corrected chi connectivity index (χ1v) is 7.79. The predicted molar refractivity (Wildman–Crippen MR) is 88.2 cm³/mol. The second-order valence-corrected chi connectivity index (χ2v) is 6.54. The number of alkyl carbamates (subject to hydrolysis) is 1. The van der Waals surface area contributed by atoms with E-state index in [2.05, 4.69) is 10.6 Å². The molecule has 0 saturated carbocycles. The Hall–Kier alpha value is -1.95. The van der Waals surface area contributed by atoms with Gasteiger partial charge in [0.05, 0.1) is 20.3 Å². The van der Waals surface area contributed by atoms with Gasteiger partial charge in [-0.05, 0) is 45.4 Å². The summed E-state index contributed by atoms with van der Waals surface area (Å²) in [5.74, 6) is 1.55. The van der Waals surface area contributed by atoms with Crippen molar-refractivity contribution in [3.8, 4) is 11.5 Å². The van der Waals surface area contributed by atoms with Gasteiger partial charge in [0.15, 0.2) is 0 Å². The second-order valence-electron chi connectivity index (χ2n) is 6.54. The van der Waals surface area contributed by atoms with Crippen LogP contribution >= 0.6 is 0 Å². The molecule has 0 fully saturated rings. The Morgan fingerprint density at radius 3 is 2.65 bits per heavy atom. The molecule has 1 aliphatic rings. The topological polar surface area (TPSA) is 68.8 Å². The van der Waals surface area contributed by atoms with Crippen molar-refractivity contribution in [2.75, 3.05) is 27.3 Å². The fourth-order valence-corrected chi connectivity index (χ4v) is 2.70. The Labute approximate surface area is 137 Å². The number of rotatable bonds is 4. The maximum atomic E-state index is 11.9. The van der Waals surface area contributed by atoms with Crippen molar-refractivity contribution in [1.29, 1.82) is 0 Å². The summed E-state index contributed by atoms with van der Waals surface area (Å²) in [6.07, 6.45) is 0.477. The summed E-state index contributed by atoms with van der Waals surface area (Å²) in [5.41, 5.74) is 1.74. The molecule has 0 aliphatic carbocycles. The van der Waals surface area contributed by atoms with Crippen LogP contribution in [0, 0.1) is 0 Å². The summed E-state index contributed by atoms with van der Waals surface area (Å²) in [4.78, 5) is 11.9. The van der Waals surface area contributed by atoms with Gasteiger partial charge < -0.3 is 24.8 Å². The lowest BCUT2D eigenvalue weighted by molar-refractivity contribution is 0.0521. The Kier molecular flexibility index (Phi) is 5.36. The zero-order valence-electron chi connectivity index (χ0n) is 14.5. The van der Waals surface area contributed by atoms with Crippen LogP contribution in [0.2, 0.25) is 0 Å². The highest BCUT2D eigenvalue weighted by Gasteiger charge is 2.26. The third-order valence-electron chi connectivity index (χ3n) is 3.64. The third kappa shape index (κ3) is 4.51. The molecule has 6 heteroatoms. The molecule has 2 N–H and O–H groups in total. The maximum absolute atomic E-state index is 11.9. The zero-order chi connectivity index (χ0) is 17.0. The molecular formula is C17H26N2O4. The molecule has 1 aromatic rings. The number of ether oxygens (including phenoxy) is 3. The van der Waals surface area contributed by atoms with Gasteiger partial charge in [0.1, 0.15) is 17.1 Å². The molecule has 2 rings (SSSR count). The summed E-state index contributed by atoms with van der Waals surface area (Å²) in [5, 5.41) is 6.23. The van der Waals surface area contributed by atoms with E-state index in [1.165, 1.54) is 5.56 Å². The predicted octanol–water partition coefficient (Wildman–Crippen LogP) is 2.42. The van der Waals surface area contributed by atoms with Crippen LogP contribution in [-0.2, 0) is 11.2 Å². The van der Waals surface area contributed by atoms with E-state index in [-0.39, 0.29) is 6.04 Å². The maximum Gasteiger partial charge on any atom is 0.407 e. The lowest BCUT2D eigenvalue weighted by Gasteiger charge is -2.29. The van der Waals surface area contributed by atoms with E-state index >= 15 is 0 Å². The van der Waals surface area contributed by atoms with Crippen LogP contribution in [0.15, 0.2) is 12.1 Å². The van der Waals surface area contributed by atoms with Crippen LogP contribution in [0.5, 0.6) is 11.5 Å². The van der Waals surface area contributed by atoms with Crippen molar-refractivity contribution in [2.24, 2.45) is 0 Å². The van der Waals surface area contributed by atoms with Crippen LogP contribution in [0.1, 0.15) is 37.9 Å². The normalized spacial score (nSPS) is 17.2. The van der Waals surface area contributed by atoms with Gasteiger partial charge in [-0.1, -0.05) is 0 Å². The molecule has 1 atom stereocenters. The van der Waals surface area contributed by atoms with Gasteiger partial charge in [-0.2, -0.15) is 0 Å². The van der Waals surface area contributed by atoms with Gasteiger partial charge in [0.2, 0.25) is 0 Å². The van der Waals surface area contributed by atoms with Gasteiger partial charge in [0, 0.05) is 18.2 Å². The molecule has 1 unspecified atom stereocenters. The average Bonchev–Trinajstić information content (AvgIpc) is 2.49. The van der Waals surface area contributed by atoms with Crippen LogP contribution in [0.4, 0.5) is 4.79 Å². The van der Waals surface area contributed by atoms with E-state index in [1.54, 1.807) is 14.2 Å². The highest BCUT2D eigenvalue weighted by molar-refractivity contribution is 5.67. The van der Waals surface area contributed by atoms with Crippen molar-refractivity contribution >= 4 is 6.09 Å². The van der Waals surface area contributed by atoms with Gasteiger partial charge in [0.25, 0.3) is 0 Å². The number of methoxy groups -OCH3 is 2. The molecular weight excluding hydrogens is 296 g/mol. The first kappa shape index (κ1) is 17.4. The smallest absolute Gasteiger partial charge is 0.407 e. The van der Waals surface area contributed by atoms with Crippen LogP contribution in [0.3, 0.4) is 0 Å². The lowest BCUT2D eigenvalue weighted by atomic mass is 9.93. The second kappa shape index (κ2) is 7.08. The zero-order valence-corrected chi connectivity index (χ0v) is 14.5. The van der Waals surface area contributed by atoms with E-state index in [0.717, 1.165) is 30.0 Å². The summed E-state index contributed by atoms with van der Waals surface area (Å²) in [6.45, 7) is 6.80. The molecule has 23 heavy (non-hydrogen) atoms. The minimum Gasteiger partial charge on any atom is -0.497 e. The van der Waals surface area contributed by atoms with E-state index in [9.17, 15) is 4.79 Å². The molecule has 1 aliphatic heterocycles. The lowest BCUT2D eigenvalue weighted by Crippen LogP contribution is -2.41. The van der Waals surface area contributed by atoms with Crippen LogP contribution < -0.4 is 20.1 Å². The summed E-state index contributed by atoms with van der Waals surface area (Å²) in [7, 11) is 3.28. The van der Waals surface area contributed by atoms with Crippen molar-refractivity contribution in [1.82, 2.24) is 10.6 Å². The van der Waals surface area contributed by atoms with E-state index in [0.29, 0.717) is 6.54 Å². The quantitative estimate of drug-likeness (QED) is 0.891. The number of carbonyl (C=O) groups excluding carboxylic acids is 1. The fraction of sp³-hybridized carbons (Fsp3) is 0.588. The van der Waals surface area contributed by atoms with Crippen molar-refractivity contribution in [3.05, 3.63) is 23.3 Å². The van der Waals surface area contributed by atoms with Crippen LogP contribution in [0.25, 0.3) is 0 Å². The standard InChI is InChI=1S/C17H26N2O4/c1-17(2,3)23-16(20)19-10-13-15-11(6-7-18-13)8-12(21-4)9-14(15)22-5/h8-9,13,18H,6-7,10H2,1-5H3,(H,19,20). The molecule has 0 saturated heterocycles. The van der Waals surface area contributed by atoms with E-state index in [4.69, 9.17) is 14.2 Å². The van der Waals surface area contributed by atoms with Gasteiger partial charge in [-0.25, -0.2) is 4.79 Å². The van der Waals surface area contributed by atoms with Crippen molar-refractivity contribution in [3.63, 3.8) is 0 Å². The molecule has 1 aromatic carbocycles. The number of hydrogen-bond acceptors (Lipinski definition) is 5. The first-order valence-electron chi connectivity index (χ1n) is 7.79. The Morgan fingerprint density at radius 1 is 1.30 bits per heavy atom. The molecule has 128 valence electrons.